The zero-order chi connectivity index (χ0) is 23.5. The fraction of sp³-hybridized carbons (Fsp3) is 0.355. The van der Waals surface area contributed by atoms with Gasteiger partial charge in [0.05, 0.1) is 0 Å². The zero-order valence-corrected chi connectivity index (χ0v) is 20.6. The fourth-order valence-corrected chi connectivity index (χ4v) is 3.30. The summed E-state index contributed by atoms with van der Waals surface area (Å²) >= 11 is 0. The maximum Gasteiger partial charge on any atom is -0.0127 e. The van der Waals surface area contributed by atoms with Gasteiger partial charge < -0.3 is 0 Å². The average molecular weight is 415 g/mol. The lowest BCUT2D eigenvalue weighted by molar-refractivity contribution is 0.614. The summed E-state index contributed by atoms with van der Waals surface area (Å²) in [5, 5.41) is 0. The smallest absolute Gasteiger partial charge is 0.0127 e. The number of aryl methyl sites for hydroxylation is 1. The SMILES string of the molecule is C#C.C/C=C\c1ccccc1C.CCC.CCC=CCC1Cc2ccccc2C=C1C. The number of benzene rings is 2. The molecule has 2 aromatic rings. The van der Waals surface area contributed by atoms with Crippen molar-refractivity contribution in [2.75, 3.05) is 0 Å². The number of rotatable bonds is 4. The number of fused-ring (bicyclic) bond motifs is 1. The standard InChI is InChI=1S/C16H20.C10H12.C3H8.C2H2/c1-3-4-5-8-14-12-16-10-7-6-9-15(16)11-13(14)2;1-3-6-10-8-5-4-7-9(10)2;1-3-2;1-2/h4-7,9-11,14H,3,8,12H2,1-2H3;3-8H,1-2H3;3H2,1-2H3;1-2H/b;6-3-;;. The normalized spacial score (nSPS) is 14.2. The highest BCUT2D eigenvalue weighted by Gasteiger charge is 2.16. The molecule has 1 atom stereocenters. The Labute approximate surface area is 192 Å². The highest BCUT2D eigenvalue weighted by molar-refractivity contribution is 5.59. The van der Waals surface area contributed by atoms with Gasteiger partial charge in [0, 0.05) is 0 Å². The van der Waals surface area contributed by atoms with Gasteiger partial charge in [-0.2, -0.15) is 0 Å². The molecule has 0 aliphatic heterocycles. The molecular formula is C31H42. The van der Waals surface area contributed by atoms with E-state index in [0.29, 0.717) is 5.92 Å². The predicted molar refractivity (Wildman–Crippen MR) is 143 cm³/mol. The summed E-state index contributed by atoms with van der Waals surface area (Å²) in [6.45, 7) is 12.9. The van der Waals surface area contributed by atoms with Gasteiger partial charge in [0.15, 0.2) is 0 Å². The molecule has 0 saturated heterocycles. The van der Waals surface area contributed by atoms with E-state index in [0.717, 1.165) is 6.42 Å². The first-order valence-corrected chi connectivity index (χ1v) is 11.5. The average Bonchev–Trinajstić information content (AvgIpc) is 2.78. The molecule has 0 heterocycles. The molecule has 0 amide bonds. The first-order valence-electron chi connectivity index (χ1n) is 11.5. The zero-order valence-electron chi connectivity index (χ0n) is 20.6. The summed E-state index contributed by atoms with van der Waals surface area (Å²) in [5.74, 6) is 0.706. The summed E-state index contributed by atoms with van der Waals surface area (Å²) < 4.78 is 0. The molecule has 1 aliphatic rings. The molecule has 0 fully saturated rings. The van der Waals surface area contributed by atoms with E-state index in [1.54, 1.807) is 0 Å². The highest BCUT2D eigenvalue weighted by atomic mass is 14.2. The lowest BCUT2D eigenvalue weighted by Gasteiger charge is -2.23. The molecular weight excluding hydrogens is 372 g/mol. The maximum atomic E-state index is 4.00. The van der Waals surface area contributed by atoms with Gasteiger partial charge in [-0.3, -0.25) is 0 Å². The molecule has 0 aromatic heterocycles. The van der Waals surface area contributed by atoms with Crippen molar-refractivity contribution in [3.05, 3.63) is 94.6 Å². The van der Waals surface area contributed by atoms with Gasteiger partial charge in [-0.15, -0.1) is 12.8 Å². The quantitative estimate of drug-likeness (QED) is 0.345. The van der Waals surface area contributed by atoms with Crippen molar-refractivity contribution in [2.45, 2.75) is 67.2 Å². The van der Waals surface area contributed by atoms with Crippen LogP contribution in [0.15, 0.2) is 72.3 Å². The highest BCUT2D eigenvalue weighted by Crippen LogP contribution is 2.30. The predicted octanol–water partition coefficient (Wildman–Crippen LogP) is 9.31. The second-order valence-corrected chi connectivity index (χ2v) is 7.67. The second-order valence-electron chi connectivity index (χ2n) is 7.67. The molecule has 0 saturated carbocycles. The molecule has 0 N–H and O–H groups in total. The Balaban J connectivity index is 0.000000515. The first kappa shape index (κ1) is 28.2. The third kappa shape index (κ3) is 11.3. The van der Waals surface area contributed by atoms with E-state index in [4.69, 9.17) is 0 Å². The van der Waals surface area contributed by atoms with Crippen molar-refractivity contribution < 1.29 is 0 Å². The van der Waals surface area contributed by atoms with Gasteiger partial charge >= 0.3 is 0 Å². The van der Waals surface area contributed by atoms with Crippen LogP contribution >= 0.6 is 0 Å². The molecule has 0 bridgehead atoms. The summed E-state index contributed by atoms with van der Waals surface area (Å²) in [5.41, 5.74) is 7.09. The number of hydrogen-bond acceptors (Lipinski definition) is 0. The molecule has 31 heavy (non-hydrogen) atoms. The third-order valence-electron chi connectivity index (χ3n) is 4.91. The number of terminal acetylenes is 1. The minimum absolute atomic E-state index is 0.706. The van der Waals surface area contributed by atoms with Gasteiger partial charge in [0.2, 0.25) is 0 Å². The molecule has 0 radical (unpaired) electrons. The second kappa shape index (κ2) is 18.0. The molecule has 0 heteroatoms. The number of allylic oxidation sites excluding steroid dienone is 4. The van der Waals surface area contributed by atoms with E-state index >= 15 is 0 Å². The van der Waals surface area contributed by atoms with E-state index in [-0.39, 0.29) is 0 Å². The van der Waals surface area contributed by atoms with Gasteiger partial charge in [-0.25, -0.2) is 0 Å². The molecule has 0 spiro atoms. The van der Waals surface area contributed by atoms with Crippen LogP contribution in [0.2, 0.25) is 0 Å². The summed E-state index contributed by atoms with van der Waals surface area (Å²) in [6, 6.07) is 17.1. The summed E-state index contributed by atoms with van der Waals surface area (Å²) in [7, 11) is 0. The molecule has 0 nitrogen and oxygen atoms in total. The molecule has 1 aliphatic carbocycles. The topological polar surface area (TPSA) is 0 Å². The van der Waals surface area contributed by atoms with Crippen molar-refractivity contribution >= 4 is 12.2 Å². The van der Waals surface area contributed by atoms with Crippen LogP contribution in [0.3, 0.4) is 0 Å². The third-order valence-corrected chi connectivity index (χ3v) is 4.91. The van der Waals surface area contributed by atoms with Crippen LogP contribution in [0.4, 0.5) is 0 Å². The van der Waals surface area contributed by atoms with Gasteiger partial charge in [-0.05, 0) is 68.2 Å². The van der Waals surface area contributed by atoms with Gasteiger partial charge in [0.25, 0.3) is 0 Å². The van der Waals surface area contributed by atoms with Crippen molar-refractivity contribution in [1.29, 1.82) is 0 Å². The lowest BCUT2D eigenvalue weighted by atomic mass is 9.82. The van der Waals surface area contributed by atoms with Crippen LogP contribution < -0.4 is 0 Å². The van der Waals surface area contributed by atoms with Crippen molar-refractivity contribution in [3.8, 4) is 12.8 Å². The van der Waals surface area contributed by atoms with Crippen LogP contribution in [0.25, 0.3) is 12.2 Å². The van der Waals surface area contributed by atoms with Crippen LogP contribution in [-0.4, -0.2) is 0 Å². The van der Waals surface area contributed by atoms with Crippen molar-refractivity contribution in [2.24, 2.45) is 5.92 Å². The Hall–Kier alpha value is -2.78. The Bertz CT molecular complexity index is 830. The first-order chi connectivity index (χ1) is 15.1. The largest absolute Gasteiger partial charge is 0.124 e. The molecule has 166 valence electrons. The van der Waals surface area contributed by atoms with E-state index in [1.807, 2.05) is 6.92 Å². The van der Waals surface area contributed by atoms with Crippen molar-refractivity contribution in [1.82, 2.24) is 0 Å². The number of hydrogen-bond donors (Lipinski definition) is 0. The van der Waals surface area contributed by atoms with Crippen LogP contribution in [0.1, 0.15) is 76.1 Å². The Morgan fingerprint density at radius 2 is 1.52 bits per heavy atom. The van der Waals surface area contributed by atoms with Crippen LogP contribution in [0.5, 0.6) is 0 Å². The molecule has 1 unspecified atom stereocenters. The van der Waals surface area contributed by atoms with Crippen LogP contribution in [-0.2, 0) is 6.42 Å². The Kier molecular flexibility index (Phi) is 16.4. The summed E-state index contributed by atoms with van der Waals surface area (Å²) in [6.07, 6.45) is 23.9. The van der Waals surface area contributed by atoms with Gasteiger partial charge in [0.1, 0.15) is 0 Å². The van der Waals surface area contributed by atoms with E-state index in [1.165, 1.54) is 47.1 Å². The molecule has 3 rings (SSSR count). The fourth-order valence-electron chi connectivity index (χ4n) is 3.30. The van der Waals surface area contributed by atoms with Crippen LogP contribution in [0, 0.1) is 25.7 Å². The van der Waals surface area contributed by atoms with E-state index in [2.05, 4.69) is 126 Å². The lowest BCUT2D eigenvalue weighted by Crippen LogP contribution is -2.10. The monoisotopic (exact) mass is 414 g/mol. The Morgan fingerprint density at radius 3 is 2.13 bits per heavy atom. The van der Waals surface area contributed by atoms with E-state index < -0.39 is 0 Å². The minimum Gasteiger partial charge on any atom is -0.124 e. The minimum atomic E-state index is 0.706. The van der Waals surface area contributed by atoms with Crippen molar-refractivity contribution in [3.63, 3.8) is 0 Å². The van der Waals surface area contributed by atoms with Gasteiger partial charge in [-0.1, -0.05) is 112 Å². The maximum absolute atomic E-state index is 4.00. The Morgan fingerprint density at radius 1 is 0.903 bits per heavy atom. The summed E-state index contributed by atoms with van der Waals surface area (Å²) in [4.78, 5) is 0. The van der Waals surface area contributed by atoms with E-state index in [9.17, 15) is 0 Å². The molecule has 2 aromatic carbocycles.